The Hall–Kier alpha value is -2.31. The lowest BCUT2D eigenvalue weighted by molar-refractivity contribution is -0.135. The van der Waals surface area contributed by atoms with Crippen LogP contribution in [0.2, 0.25) is 0 Å². The molecule has 0 saturated heterocycles. The van der Waals surface area contributed by atoms with Crippen molar-refractivity contribution in [2.45, 2.75) is 33.3 Å². The predicted molar refractivity (Wildman–Crippen MR) is 73.0 cm³/mol. The second kappa shape index (κ2) is 5.77. The zero-order valence-corrected chi connectivity index (χ0v) is 11.9. The highest BCUT2D eigenvalue weighted by Crippen LogP contribution is 2.18. The molecule has 1 heterocycles. The van der Waals surface area contributed by atoms with Crippen molar-refractivity contribution in [1.29, 1.82) is 0 Å². The first-order valence-corrected chi connectivity index (χ1v) is 6.02. The average molecular weight is 282 g/mol. The highest BCUT2D eigenvalue weighted by molar-refractivity contribution is 5.92. The van der Waals surface area contributed by atoms with Crippen molar-refractivity contribution in [1.82, 2.24) is 4.98 Å². The molecule has 0 aliphatic rings. The summed E-state index contributed by atoms with van der Waals surface area (Å²) < 4.78 is 5.15. The summed E-state index contributed by atoms with van der Waals surface area (Å²) in [6, 6.07) is 2.81. The van der Waals surface area contributed by atoms with Gasteiger partial charge in [0.1, 0.15) is 18.0 Å². The number of H-pyrrole nitrogens is 1. The summed E-state index contributed by atoms with van der Waals surface area (Å²) >= 11 is 0. The summed E-state index contributed by atoms with van der Waals surface area (Å²) in [5.74, 6) is -1.09. The first-order valence-electron chi connectivity index (χ1n) is 6.02. The van der Waals surface area contributed by atoms with Gasteiger partial charge in [-0.05, 0) is 33.3 Å². The number of hydrogen-bond donors (Lipinski definition) is 2. The Morgan fingerprint density at radius 1 is 1.35 bits per heavy atom. The maximum atomic E-state index is 12.1. The van der Waals surface area contributed by atoms with E-state index in [2.05, 4.69) is 4.98 Å². The van der Waals surface area contributed by atoms with Gasteiger partial charge in [-0.15, -0.1) is 0 Å². The van der Waals surface area contributed by atoms with E-state index in [-0.39, 0.29) is 5.82 Å². The van der Waals surface area contributed by atoms with Gasteiger partial charge in [0.15, 0.2) is 0 Å². The molecule has 7 heteroatoms. The lowest BCUT2D eigenvalue weighted by Gasteiger charge is -2.26. The highest BCUT2D eigenvalue weighted by Gasteiger charge is 2.26. The number of carbonyl (C=O) groups is 2. The van der Waals surface area contributed by atoms with E-state index in [0.717, 1.165) is 4.90 Å². The second-order valence-electron chi connectivity index (χ2n) is 5.31. The number of aliphatic carboxylic acids is 1. The molecule has 1 amide bonds. The lowest BCUT2D eigenvalue weighted by atomic mass is 10.2. The van der Waals surface area contributed by atoms with Gasteiger partial charge in [0, 0.05) is 6.07 Å². The SMILES string of the molecule is Cc1ccc(=O)[nH]c1N(CC(=O)O)C(=O)OC(C)(C)C. The van der Waals surface area contributed by atoms with Crippen LogP contribution in [0.4, 0.5) is 10.6 Å². The zero-order chi connectivity index (χ0) is 15.5. The van der Waals surface area contributed by atoms with E-state index in [4.69, 9.17) is 9.84 Å². The number of aromatic nitrogens is 1. The normalized spacial score (nSPS) is 11.0. The maximum Gasteiger partial charge on any atom is 0.416 e. The molecule has 0 radical (unpaired) electrons. The number of nitrogens with zero attached hydrogens (tertiary/aromatic N) is 1. The van der Waals surface area contributed by atoms with Crippen molar-refractivity contribution in [3.63, 3.8) is 0 Å². The number of ether oxygens (including phenoxy) is 1. The fraction of sp³-hybridized carbons (Fsp3) is 0.462. The van der Waals surface area contributed by atoms with Crippen molar-refractivity contribution >= 4 is 17.9 Å². The van der Waals surface area contributed by atoms with E-state index in [1.54, 1.807) is 27.7 Å². The van der Waals surface area contributed by atoms with Crippen molar-refractivity contribution in [3.8, 4) is 0 Å². The fourth-order valence-electron chi connectivity index (χ4n) is 1.50. The number of aryl methyl sites for hydroxylation is 1. The third-order valence-corrected chi connectivity index (χ3v) is 2.28. The molecule has 0 fully saturated rings. The van der Waals surface area contributed by atoms with Gasteiger partial charge in [-0.2, -0.15) is 0 Å². The smallest absolute Gasteiger partial charge is 0.416 e. The van der Waals surface area contributed by atoms with E-state index in [9.17, 15) is 14.4 Å². The van der Waals surface area contributed by atoms with Gasteiger partial charge < -0.3 is 14.8 Å². The molecule has 0 aromatic carbocycles. The molecule has 1 rings (SSSR count). The third kappa shape index (κ3) is 4.42. The van der Waals surface area contributed by atoms with Crippen LogP contribution in [0.5, 0.6) is 0 Å². The molecule has 20 heavy (non-hydrogen) atoms. The number of carboxylic acid groups (broad SMARTS) is 1. The molecule has 110 valence electrons. The van der Waals surface area contributed by atoms with Crippen LogP contribution in [0.3, 0.4) is 0 Å². The highest BCUT2D eigenvalue weighted by atomic mass is 16.6. The molecule has 0 unspecified atom stereocenters. The van der Waals surface area contributed by atoms with Crippen LogP contribution in [0.25, 0.3) is 0 Å². The molecule has 0 atom stereocenters. The number of carbonyl (C=O) groups excluding carboxylic acids is 1. The van der Waals surface area contributed by atoms with E-state index >= 15 is 0 Å². The number of pyridine rings is 1. The fourth-order valence-corrected chi connectivity index (χ4v) is 1.50. The van der Waals surface area contributed by atoms with Crippen LogP contribution in [0.1, 0.15) is 26.3 Å². The number of amides is 1. The molecule has 2 N–H and O–H groups in total. The van der Waals surface area contributed by atoms with Crippen LogP contribution < -0.4 is 10.5 Å². The van der Waals surface area contributed by atoms with Crippen molar-refractivity contribution in [3.05, 3.63) is 28.0 Å². The molecule has 0 aliphatic carbocycles. The minimum Gasteiger partial charge on any atom is -0.480 e. The van der Waals surface area contributed by atoms with Crippen molar-refractivity contribution < 1.29 is 19.4 Å². The Morgan fingerprint density at radius 3 is 2.45 bits per heavy atom. The Morgan fingerprint density at radius 2 is 1.95 bits per heavy atom. The minimum atomic E-state index is -1.21. The molecule has 0 saturated carbocycles. The second-order valence-corrected chi connectivity index (χ2v) is 5.31. The Balaban J connectivity index is 3.18. The largest absolute Gasteiger partial charge is 0.480 e. The summed E-state index contributed by atoms with van der Waals surface area (Å²) in [5, 5.41) is 8.91. The van der Waals surface area contributed by atoms with Gasteiger partial charge in [-0.3, -0.25) is 14.5 Å². The van der Waals surface area contributed by atoms with E-state index in [1.807, 2.05) is 0 Å². The van der Waals surface area contributed by atoms with E-state index < -0.39 is 29.8 Å². The number of aromatic amines is 1. The first-order chi connectivity index (χ1) is 9.10. The van der Waals surface area contributed by atoms with Gasteiger partial charge in [-0.25, -0.2) is 4.79 Å². The number of nitrogens with one attached hydrogen (secondary N) is 1. The molecule has 1 aromatic rings. The molecule has 0 bridgehead atoms. The zero-order valence-electron chi connectivity index (χ0n) is 11.9. The van der Waals surface area contributed by atoms with E-state index in [0.29, 0.717) is 5.56 Å². The van der Waals surface area contributed by atoms with Gasteiger partial charge >= 0.3 is 12.1 Å². The molecule has 0 spiro atoms. The van der Waals surface area contributed by atoms with Gasteiger partial charge in [0.25, 0.3) is 0 Å². The lowest BCUT2D eigenvalue weighted by Crippen LogP contribution is -2.41. The summed E-state index contributed by atoms with van der Waals surface area (Å²) in [6.07, 6.45) is -0.829. The van der Waals surface area contributed by atoms with Crippen LogP contribution in [0, 0.1) is 6.92 Å². The number of rotatable bonds is 3. The van der Waals surface area contributed by atoms with E-state index in [1.165, 1.54) is 12.1 Å². The Kier molecular flexibility index (Phi) is 4.54. The minimum absolute atomic E-state index is 0.120. The van der Waals surface area contributed by atoms with Crippen LogP contribution >= 0.6 is 0 Å². The molecular weight excluding hydrogens is 264 g/mol. The summed E-state index contributed by atoms with van der Waals surface area (Å²) in [7, 11) is 0. The van der Waals surface area contributed by atoms with Gasteiger partial charge in [0.2, 0.25) is 5.56 Å². The number of carboxylic acids is 1. The molecule has 7 nitrogen and oxygen atoms in total. The van der Waals surface area contributed by atoms with Gasteiger partial charge in [-0.1, -0.05) is 6.07 Å². The van der Waals surface area contributed by atoms with Gasteiger partial charge in [0.05, 0.1) is 0 Å². The van der Waals surface area contributed by atoms with Crippen LogP contribution in [-0.2, 0) is 9.53 Å². The summed E-state index contributed by atoms with van der Waals surface area (Å²) in [6.45, 7) is 6.07. The standard InChI is InChI=1S/C13H18N2O5/c1-8-5-6-9(16)14-11(8)15(7-10(17)18)12(19)20-13(2,3)4/h5-6H,7H2,1-4H3,(H,14,16)(H,17,18). The van der Waals surface area contributed by atoms with Crippen LogP contribution in [-0.4, -0.2) is 34.3 Å². The third-order valence-electron chi connectivity index (χ3n) is 2.28. The topological polar surface area (TPSA) is 99.7 Å². The van der Waals surface area contributed by atoms with Crippen molar-refractivity contribution in [2.24, 2.45) is 0 Å². The number of anilines is 1. The monoisotopic (exact) mass is 282 g/mol. The average Bonchev–Trinajstić information content (AvgIpc) is 2.27. The molecule has 1 aromatic heterocycles. The molecular formula is C13H18N2O5. The Bertz CT molecular complexity index is 571. The summed E-state index contributed by atoms with van der Waals surface area (Å²) in [5.41, 5.74) is -0.627. The molecule has 0 aliphatic heterocycles. The summed E-state index contributed by atoms with van der Waals surface area (Å²) in [4.78, 5) is 37.7. The predicted octanol–water partition coefficient (Wildman–Crippen LogP) is 1.51. The Labute approximate surface area is 116 Å². The first kappa shape index (κ1) is 15.7. The number of hydrogen-bond acceptors (Lipinski definition) is 4. The maximum absolute atomic E-state index is 12.1. The quantitative estimate of drug-likeness (QED) is 0.875. The van der Waals surface area contributed by atoms with Crippen molar-refractivity contribution in [2.75, 3.05) is 11.4 Å². The van der Waals surface area contributed by atoms with Crippen LogP contribution in [0.15, 0.2) is 16.9 Å².